The first kappa shape index (κ1) is 13.5. The summed E-state index contributed by atoms with van der Waals surface area (Å²) in [5, 5.41) is 21.3. The zero-order chi connectivity index (χ0) is 13.8. The van der Waals surface area contributed by atoms with Gasteiger partial charge in [-0.1, -0.05) is 6.07 Å². The molecule has 1 amide bonds. The van der Waals surface area contributed by atoms with Crippen LogP contribution in [0.1, 0.15) is 18.9 Å². The van der Waals surface area contributed by atoms with E-state index in [0.29, 0.717) is 17.8 Å². The maximum atomic E-state index is 12.3. The summed E-state index contributed by atoms with van der Waals surface area (Å²) in [7, 11) is 0. The van der Waals surface area contributed by atoms with Gasteiger partial charge < -0.3 is 15.3 Å². The fourth-order valence-electron chi connectivity index (χ4n) is 2.25. The van der Waals surface area contributed by atoms with Gasteiger partial charge in [0, 0.05) is 18.3 Å². The predicted octanol–water partition coefficient (Wildman–Crippen LogP) is 0.634. The van der Waals surface area contributed by atoms with Crippen molar-refractivity contribution in [1.82, 2.24) is 5.32 Å². The van der Waals surface area contributed by atoms with Crippen molar-refractivity contribution in [2.24, 2.45) is 0 Å². The van der Waals surface area contributed by atoms with Gasteiger partial charge in [-0.15, -0.1) is 0 Å². The van der Waals surface area contributed by atoms with Crippen molar-refractivity contribution in [3.05, 3.63) is 29.8 Å². The SMILES string of the molecule is CC1CCN(c2cccc(C#N)c2)C(=O)C(CO)N1. The monoisotopic (exact) mass is 259 g/mol. The Hall–Kier alpha value is -1.90. The first-order valence-electron chi connectivity index (χ1n) is 6.34. The summed E-state index contributed by atoms with van der Waals surface area (Å²) in [5.41, 5.74) is 1.23. The number of hydrogen-bond acceptors (Lipinski definition) is 4. The number of amides is 1. The minimum atomic E-state index is -0.580. The molecular formula is C14H17N3O2. The standard InChI is InChI=1S/C14H17N3O2/c1-10-5-6-17(14(19)13(9-18)16-10)12-4-2-3-11(7-12)8-15/h2-4,7,10,13,16,18H,5-6,9H2,1H3. The van der Waals surface area contributed by atoms with Crippen LogP contribution in [0.3, 0.4) is 0 Å². The Morgan fingerprint density at radius 1 is 1.58 bits per heavy atom. The number of nitrogens with zero attached hydrogens (tertiary/aromatic N) is 2. The maximum absolute atomic E-state index is 12.3. The summed E-state index contributed by atoms with van der Waals surface area (Å²) < 4.78 is 0. The first-order valence-corrected chi connectivity index (χ1v) is 6.34. The topological polar surface area (TPSA) is 76.4 Å². The molecule has 0 bridgehead atoms. The molecule has 1 saturated heterocycles. The Morgan fingerprint density at radius 2 is 2.37 bits per heavy atom. The van der Waals surface area contributed by atoms with Crippen LogP contribution >= 0.6 is 0 Å². The summed E-state index contributed by atoms with van der Waals surface area (Å²) in [6.07, 6.45) is 0.805. The van der Waals surface area contributed by atoms with Crippen LogP contribution in [0.4, 0.5) is 5.69 Å². The zero-order valence-electron chi connectivity index (χ0n) is 10.8. The first-order chi connectivity index (χ1) is 9.15. The van der Waals surface area contributed by atoms with Crippen molar-refractivity contribution in [2.75, 3.05) is 18.1 Å². The molecule has 1 fully saturated rings. The molecule has 2 rings (SSSR count). The Balaban J connectivity index is 2.31. The van der Waals surface area contributed by atoms with Gasteiger partial charge in [0.2, 0.25) is 5.91 Å². The van der Waals surface area contributed by atoms with Gasteiger partial charge in [0.1, 0.15) is 6.04 Å². The molecule has 2 N–H and O–H groups in total. The second kappa shape index (κ2) is 5.83. The minimum Gasteiger partial charge on any atom is -0.394 e. The third kappa shape index (κ3) is 2.92. The molecule has 0 aliphatic carbocycles. The second-order valence-electron chi connectivity index (χ2n) is 4.74. The largest absolute Gasteiger partial charge is 0.394 e. The number of nitrogens with one attached hydrogen (secondary N) is 1. The van der Waals surface area contributed by atoms with Crippen molar-refractivity contribution in [2.45, 2.75) is 25.4 Å². The molecule has 1 aliphatic heterocycles. The Labute approximate surface area is 112 Å². The molecule has 0 spiro atoms. The van der Waals surface area contributed by atoms with Gasteiger partial charge in [0.25, 0.3) is 0 Å². The number of nitriles is 1. The molecule has 1 aliphatic rings. The number of carbonyl (C=O) groups excluding carboxylic acids is 1. The highest BCUT2D eigenvalue weighted by Gasteiger charge is 2.29. The molecule has 0 radical (unpaired) electrons. The molecule has 0 aromatic heterocycles. The van der Waals surface area contributed by atoms with E-state index in [4.69, 9.17) is 5.26 Å². The zero-order valence-corrected chi connectivity index (χ0v) is 10.8. The molecule has 2 atom stereocenters. The van der Waals surface area contributed by atoms with Gasteiger partial charge in [-0.2, -0.15) is 5.26 Å². The van der Waals surface area contributed by atoms with E-state index < -0.39 is 6.04 Å². The van der Waals surface area contributed by atoms with E-state index in [1.807, 2.05) is 13.0 Å². The van der Waals surface area contributed by atoms with Crippen LogP contribution in [0.2, 0.25) is 0 Å². The second-order valence-corrected chi connectivity index (χ2v) is 4.74. The molecule has 1 heterocycles. The molecule has 1 aromatic rings. The number of anilines is 1. The molecular weight excluding hydrogens is 242 g/mol. The number of rotatable bonds is 2. The van der Waals surface area contributed by atoms with E-state index >= 15 is 0 Å². The summed E-state index contributed by atoms with van der Waals surface area (Å²) in [6.45, 7) is 2.35. The average molecular weight is 259 g/mol. The quantitative estimate of drug-likeness (QED) is 0.817. The van der Waals surface area contributed by atoms with Crippen LogP contribution in [0.15, 0.2) is 24.3 Å². The van der Waals surface area contributed by atoms with Crippen LogP contribution < -0.4 is 10.2 Å². The van der Waals surface area contributed by atoms with Gasteiger partial charge in [-0.3, -0.25) is 4.79 Å². The van der Waals surface area contributed by atoms with Crippen molar-refractivity contribution >= 4 is 11.6 Å². The van der Waals surface area contributed by atoms with Gasteiger partial charge in [0.15, 0.2) is 0 Å². The molecule has 1 aromatic carbocycles. The lowest BCUT2D eigenvalue weighted by molar-refractivity contribution is -0.121. The number of benzene rings is 1. The average Bonchev–Trinajstić information content (AvgIpc) is 2.58. The molecule has 0 saturated carbocycles. The maximum Gasteiger partial charge on any atom is 0.246 e. The highest BCUT2D eigenvalue weighted by molar-refractivity contribution is 5.97. The van der Waals surface area contributed by atoms with Gasteiger partial charge in [-0.05, 0) is 31.5 Å². The van der Waals surface area contributed by atoms with Crippen molar-refractivity contribution in [3.63, 3.8) is 0 Å². The summed E-state index contributed by atoms with van der Waals surface area (Å²) in [5.74, 6) is -0.151. The van der Waals surface area contributed by atoms with Crippen LogP contribution in [-0.4, -0.2) is 36.2 Å². The third-order valence-corrected chi connectivity index (χ3v) is 3.31. The van der Waals surface area contributed by atoms with Crippen LogP contribution in [0.25, 0.3) is 0 Å². The number of hydrogen-bond donors (Lipinski definition) is 2. The number of aliphatic hydroxyl groups excluding tert-OH is 1. The number of aliphatic hydroxyl groups is 1. The summed E-state index contributed by atoms with van der Waals surface area (Å²) >= 11 is 0. The van der Waals surface area contributed by atoms with Gasteiger partial charge in [0.05, 0.1) is 18.2 Å². The van der Waals surface area contributed by atoms with Crippen LogP contribution in [0, 0.1) is 11.3 Å². The molecule has 2 unspecified atom stereocenters. The highest BCUT2D eigenvalue weighted by Crippen LogP contribution is 2.19. The van der Waals surface area contributed by atoms with Gasteiger partial charge in [-0.25, -0.2) is 0 Å². The van der Waals surface area contributed by atoms with Gasteiger partial charge >= 0.3 is 0 Å². The minimum absolute atomic E-state index is 0.151. The lowest BCUT2D eigenvalue weighted by Gasteiger charge is -2.23. The molecule has 19 heavy (non-hydrogen) atoms. The molecule has 100 valence electrons. The summed E-state index contributed by atoms with van der Waals surface area (Å²) in [6, 6.07) is 8.63. The van der Waals surface area contributed by atoms with Crippen LogP contribution in [0.5, 0.6) is 0 Å². The molecule has 5 heteroatoms. The summed E-state index contributed by atoms with van der Waals surface area (Å²) in [4.78, 5) is 14.0. The lowest BCUT2D eigenvalue weighted by atomic mass is 10.2. The van der Waals surface area contributed by atoms with E-state index in [-0.39, 0.29) is 18.6 Å². The predicted molar refractivity (Wildman–Crippen MR) is 71.6 cm³/mol. The van der Waals surface area contributed by atoms with Crippen molar-refractivity contribution < 1.29 is 9.90 Å². The Kier molecular flexibility index (Phi) is 4.15. The van der Waals surface area contributed by atoms with E-state index in [2.05, 4.69) is 11.4 Å². The fourth-order valence-corrected chi connectivity index (χ4v) is 2.25. The third-order valence-electron chi connectivity index (χ3n) is 3.31. The molecule has 5 nitrogen and oxygen atoms in total. The van der Waals surface area contributed by atoms with Crippen molar-refractivity contribution in [3.8, 4) is 6.07 Å². The lowest BCUT2D eigenvalue weighted by Crippen LogP contribution is -2.47. The number of carbonyl (C=O) groups is 1. The van der Waals surface area contributed by atoms with Crippen LogP contribution in [-0.2, 0) is 4.79 Å². The van der Waals surface area contributed by atoms with Crippen molar-refractivity contribution in [1.29, 1.82) is 5.26 Å². The Morgan fingerprint density at radius 3 is 3.05 bits per heavy atom. The Bertz CT molecular complexity index is 510. The van der Waals surface area contributed by atoms with E-state index in [1.54, 1.807) is 23.1 Å². The van der Waals surface area contributed by atoms with E-state index in [9.17, 15) is 9.90 Å². The highest BCUT2D eigenvalue weighted by atomic mass is 16.3. The smallest absolute Gasteiger partial charge is 0.246 e. The normalized spacial score (nSPS) is 23.8. The van der Waals surface area contributed by atoms with E-state index in [1.165, 1.54) is 0 Å². The fraction of sp³-hybridized carbons (Fsp3) is 0.429. The van der Waals surface area contributed by atoms with E-state index in [0.717, 1.165) is 6.42 Å².